The summed E-state index contributed by atoms with van der Waals surface area (Å²) in [5.74, 6) is -0.375. The van der Waals surface area contributed by atoms with E-state index in [-0.39, 0.29) is 5.97 Å². The van der Waals surface area contributed by atoms with Crippen LogP contribution in [0.5, 0.6) is 0 Å². The lowest BCUT2D eigenvalue weighted by atomic mass is 10.4. The molecule has 0 saturated carbocycles. The normalized spacial score (nSPS) is 9.40. The van der Waals surface area contributed by atoms with E-state index in [1.165, 1.54) is 11.1 Å². The highest BCUT2D eigenvalue weighted by Gasteiger charge is 2.07. The van der Waals surface area contributed by atoms with E-state index in [1.807, 2.05) is 0 Å². The first-order valence-corrected chi connectivity index (χ1v) is 3.10. The molecule has 4 heteroatoms. The molecule has 0 aliphatic rings. The van der Waals surface area contributed by atoms with Gasteiger partial charge in [0.1, 0.15) is 5.69 Å². The van der Waals surface area contributed by atoms with Crippen molar-refractivity contribution in [2.75, 3.05) is 7.11 Å². The topological polar surface area (TPSA) is 31.2 Å². The van der Waals surface area contributed by atoms with Crippen molar-refractivity contribution >= 4 is 18.8 Å². The second-order valence-corrected chi connectivity index (χ2v) is 2.16. The Balaban J connectivity index is 2.93. The van der Waals surface area contributed by atoms with E-state index in [2.05, 4.69) is 17.6 Å². The maximum Gasteiger partial charge on any atom is 0.355 e. The summed E-state index contributed by atoms with van der Waals surface area (Å²) in [7, 11) is 1.34. The molecule has 3 nitrogen and oxygen atoms in total. The van der Waals surface area contributed by atoms with Crippen LogP contribution in [-0.4, -0.2) is 17.1 Å². The fourth-order valence-corrected chi connectivity index (χ4v) is 0.864. The Morgan fingerprint density at radius 1 is 1.80 bits per heavy atom. The summed E-state index contributed by atoms with van der Waals surface area (Å²) >= 11 is 3.96. The molecule has 0 amide bonds. The number of hydrogen-bond acceptors (Lipinski definition) is 3. The van der Waals surface area contributed by atoms with Crippen molar-refractivity contribution in [1.29, 1.82) is 0 Å². The number of aromatic nitrogens is 1. The van der Waals surface area contributed by atoms with Gasteiger partial charge in [-0.25, -0.2) is 4.79 Å². The van der Waals surface area contributed by atoms with Crippen LogP contribution in [0.1, 0.15) is 10.5 Å². The Labute approximate surface area is 64.1 Å². The molecule has 1 aromatic heterocycles. The lowest BCUT2D eigenvalue weighted by Gasteiger charge is -1.97. The van der Waals surface area contributed by atoms with Crippen molar-refractivity contribution < 1.29 is 9.53 Å². The molecule has 0 unspecified atom stereocenters. The van der Waals surface area contributed by atoms with Gasteiger partial charge in [-0.3, -0.25) is 3.97 Å². The van der Waals surface area contributed by atoms with E-state index in [1.54, 1.807) is 18.3 Å². The monoisotopic (exact) mass is 157 g/mol. The summed E-state index contributed by atoms with van der Waals surface area (Å²) < 4.78 is 5.88. The fraction of sp³-hybridized carbons (Fsp3) is 0.167. The van der Waals surface area contributed by atoms with Crippen LogP contribution in [0, 0.1) is 0 Å². The standard InChI is InChI=1S/C6H7NO2S/c1-9-6(8)5-3-2-4-7(5)10/h2-4,10H,1H3. The Kier molecular flexibility index (Phi) is 2.01. The molecule has 0 bridgehead atoms. The molecule has 10 heavy (non-hydrogen) atoms. The molecule has 1 aromatic rings. The van der Waals surface area contributed by atoms with E-state index in [9.17, 15) is 4.79 Å². The van der Waals surface area contributed by atoms with E-state index in [4.69, 9.17) is 0 Å². The number of carbonyl (C=O) groups is 1. The van der Waals surface area contributed by atoms with E-state index in [0.29, 0.717) is 5.69 Å². The number of esters is 1. The lowest BCUT2D eigenvalue weighted by molar-refractivity contribution is 0.0593. The van der Waals surface area contributed by atoms with Crippen molar-refractivity contribution in [2.45, 2.75) is 0 Å². The zero-order valence-corrected chi connectivity index (χ0v) is 6.34. The summed E-state index contributed by atoms with van der Waals surface area (Å²) in [4.78, 5) is 10.8. The fourth-order valence-electron chi connectivity index (χ4n) is 0.639. The minimum Gasteiger partial charge on any atom is -0.464 e. The summed E-state index contributed by atoms with van der Waals surface area (Å²) in [5, 5.41) is 0. The van der Waals surface area contributed by atoms with Gasteiger partial charge in [0.05, 0.1) is 7.11 Å². The Hall–Kier alpha value is -0.900. The first-order valence-electron chi connectivity index (χ1n) is 2.70. The van der Waals surface area contributed by atoms with Gasteiger partial charge in [0.25, 0.3) is 0 Å². The van der Waals surface area contributed by atoms with Crippen molar-refractivity contribution in [3.63, 3.8) is 0 Å². The summed E-state index contributed by atoms with van der Waals surface area (Å²) in [6, 6.07) is 3.36. The van der Waals surface area contributed by atoms with Gasteiger partial charge >= 0.3 is 5.97 Å². The Morgan fingerprint density at radius 2 is 2.50 bits per heavy atom. The van der Waals surface area contributed by atoms with E-state index < -0.39 is 0 Å². The number of thiol groups is 1. The third-order valence-electron chi connectivity index (χ3n) is 1.12. The number of rotatable bonds is 1. The quantitative estimate of drug-likeness (QED) is 0.486. The number of ether oxygens (including phenoxy) is 1. The molecule has 0 radical (unpaired) electrons. The van der Waals surface area contributed by atoms with Crippen LogP contribution in [0.4, 0.5) is 0 Å². The van der Waals surface area contributed by atoms with E-state index >= 15 is 0 Å². The van der Waals surface area contributed by atoms with Gasteiger partial charge in [0.15, 0.2) is 0 Å². The minimum absolute atomic E-state index is 0.375. The second kappa shape index (κ2) is 2.79. The minimum atomic E-state index is -0.375. The predicted molar refractivity (Wildman–Crippen MR) is 40.2 cm³/mol. The highest BCUT2D eigenvalue weighted by Crippen LogP contribution is 2.04. The summed E-state index contributed by atoms with van der Waals surface area (Å²) in [6.45, 7) is 0. The molecule has 0 aliphatic heterocycles. The Bertz CT molecular complexity index is 244. The number of nitrogens with zero attached hydrogens (tertiary/aromatic N) is 1. The van der Waals surface area contributed by atoms with Crippen LogP contribution >= 0.6 is 12.8 Å². The first-order chi connectivity index (χ1) is 4.75. The maximum absolute atomic E-state index is 10.8. The third kappa shape index (κ3) is 1.16. The van der Waals surface area contributed by atoms with Crippen LogP contribution in [0.25, 0.3) is 0 Å². The van der Waals surface area contributed by atoms with Gasteiger partial charge < -0.3 is 4.74 Å². The van der Waals surface area contributed by atoms with Crippen molar-refractivity contribution in [3.05, 3.63) is 24.0 Å². The average molecular weight is 157 g/mol. The van der Waals surface area contributed by atoms with Gasteiger partial charge in [0.2, 0.25) is 0 Å². The van der Waals surface area contributed by atoms with Crippen LogP contribution in [0.3, 0.4) is 0 Å². The van der Waals surface area contributed by atoms with Crippen LogP contribution in [0.2, 0.25) is 0 Å². The van der Waals surface area contributed by atoms with Crippen LogP contribution < -0.4 is 0 Å². The number of hydrogen-bond donors (Lipinski definition) is 1. The second-order valence-electron chi connectivity index (χ2n) is 1.73. The van der Waals surface area contributed by atoms with Gasteiger partial charge in [-0.1, -0.05) is 12.8 Å². The summed E-state index contributed by atoms with van der Waals surface area (Å²) in [6.07, 6.45) is 1.66. The highest BCUT2D eigenvalue weighted by atomic mass is 32.1. The SMILES string of the molecule is COC(=O)c1cccn1S. The summed E-state index contributed by atoms with van der Waals surface area (Å²) in [5.41, 5.74) is 0.436. The number of carbonyl (C=O) groups excluding carboxylic acids is 1. The largest absolute Gasteiger partial charge is 0.464 e. The molecule has 0 fully saturated rings. The average Bonchev–Trinajstić information content (AvgIpc) is 2.34. The van der Waals surface area contributed by atoms with Gasteiger partial charge in [-0.05, 0) is 12.1 Å². The molecule has 0 aromatic carbocycles. The molecule has 0 aliphatic carbocycles. The van der Waals surface area contributed by atoms with Crippen molar-refractivity contribution in [3.8, 4) is 0 Å². The molecular weight excluding hydrogens is 150 g/mol. The molecule has 54 valence electrons. The van der Waals surface area contributed by atoms with Crippen molar-refractivity contribution in [1.82, 2.24) is 3.97 Å². The van der Waals surface area contributed by atoms with Crippen LogP contribution in [-0.2, 0) is 4.74 Å². The predicted octanol–water partition coefficient (Wildman–Crippen LogP) is 0.968. The highest BCUT2D eigenvalue weighted by molar-refractivity contribution is 7.78. The zero-order chi connectivity index (χ0) is 7.56. The molecule has 0 N–H and O–H groups in total. The van der Waals surface area contributed by atoms with Gasteiger partial charge in [0, 0.05) is 6.20 Å². The Morgan fingerprint density at radius 3 is 2.90 bits per heavy atom. The number of methoxy groups -OCH3 is 1. The molecule has 0 spiro atoms. The first kappa shape index (κ1) is 7.21. The third-order valence-corrected chi connectivity index (χ3v) is 1.47. The van der Waals surface area contributed by atoms with Gasteiger partial charge in [-0.2, -0.15) is 0 Å². The smallest absolute Gasteiger partial charge is 0.355 e. The zero-order valence-electron chi connectivity index (χ0n) is 5.44. The van der Waals surface area contributed by atoms with Gasteiger partial charge in [-0.15, -0.1) is 0 Å². The molecular formula is C6H7NO2S. The molecule has 0 atom stereocenters. The van der Waals surface area contributed by atoms with Crippen LogP contribution in [0.15, 0.2) is 18.3 Å². The molecule has 0 saturated heterocycles. The molecule has 1 heterocycles. The van der Waals surface area contributed by atoms with E-state index in [0.717, 1.165) is 0 Å². The van der Waals surface area contributed by atoms with Crippen molar-refractivity contribution in [2.24, 2.45) is 0 Å². The molecule has 1 rings (SSSR count). The lowest BCUT2D eigenvalue weighted by Crippen LogP contribution is -2.03. The maximum atomic E-state index is 10.8.